The van der Waals surface area contributed by atoms with Crippen LogP contribution in [0.2, 0.25) is 0 Å². The van der Waals surface area contributed by atoms with Gasteiger partial charge in [0.25, 0.3) is 5.91 Å². The average Bonchev–Trinajstić information content (AvgIpc) is 3.29. The lowest BCUT2D eigenvalue weighted by Crippen LogP contribution is -2.21. The van der Waals surface area contributed by atoms with Gasteiger partial charge in [0.1, 0.15) is 16.4 Å². The number of sulfone groups is 1. The van der Waals surface area contributed by atoms with Gasteiger partial charge in [-0.15, -0.1) is 11.3 Å². The Bertz CT molecular complexity index is 1650. The van der Waals surface area contributed by atoms with E-state index >= 15 is 0 Å². The molecule has 238 valence electrons. The zero-order chi connectivity index (χ0) is 32.8. The van der Waals surface area contributed by atoms with Crippen LogP contribution in [0.5, 0.6) is 5.75 Å². The van der Waals surface area contributed by atoms with Crippen LogP contribution in [0, 0.1) is 6.92 Å². The minimum absolute atomic E-state index is 0.0101. The van der Waals surface area contributed by atoms with Crippen LogP contribution in [-0.2, 0) is 25.5 Å². The van der Waals surface area contributed by atoms with Crippen molar-refractivity contribution in [3.63, 3.8) is 0 Å². The van der Waals surface area contributed by atoms with Crippen molar-refractivity contribution in [3.8, 4) is 17.0 Å². The van der Waals surface area contributed by atoms with Gasteiger partial charge in [-0.2, -0.15) is 13.2 Å². The van der Waals surface area contributed by atoms with Gasteiger partial charge in [0.05, 0.1) is 35.6 Å². The summed E-state index contributed by atoms with van der Waals surface area (Å²) in [5, 5.41) is 1.55. The predicted molar refractivity (Wildman–Crippen MR) is 157 cm³/mol. The zero-order valence-electron chi connectivity index (χ0n) is 24.6. The summed E-state index contributed by atoms with van der Waals surface area (Å²) in [6.45, 7) is 3.47. The average molecular weight is 657 g/mol. The summed E-state index contributed by atoms with van der Waals surface area (Å²) < 4.78 is 77.5. The molecule has 3 aromatic rings. The summed E-state index contributed by atoms with van der Waals surface area (Å²) in [5.74, 6) is -2.38. The fourth-order valence-corrected chi connectivity index (χ4v) is 6.34. The van der Waals surface area contributed by atoms with Gasteiger partial charge in [-0.25, -0.2) is 23.2 Å². The quantitative estimate of drug-likeness (QED) is 0.210. The lowest BCUT2D eigenvalue weighted by Gasteiger charge is -2.13. The van der Waals surface area contributed by atoms with Crippen LogP contribution in [-0.4, -0.2) is 74.6 Å². The van der Waals surface area contributed by atoms with Crippen LogP contribution in [0.1, 0.15) is 57.5 Å². The number of nitrogens with one attached hydrogen (secondary N) is 1. The topological polar surface area (TPSA) is 145 Å². The van der Waals surface area contributed by atoms with Crippen molar-refractivity contribution in [2.45, 2.75) is 44.4 Å². The number of thiophene rings is 1. The van der Waals surface area contributed by atoms with Gasteiger partial charge in [-0.05, 0) is 43.5 Å². The van der Waals surface area contributed by atoms with Crippen LogP contribution in [0.15, 0.2) is 35.5 Å². The summed E-state index contributed by atoms with van der Waals surface area (Å²) in [6, 6.07) is 6.67. The fraction of sp³-hybridized carbons (Fsp3) is 0.393. The third kappa shape index (κ3) is 8.11. The number of anilines is 1. The first kappa shape index (κ1) is 34.4. The Balaban J connectivity index is 1.83. The number of esters is 1. The van der Waals surface area contributed by atoms with Crippen molar-refractivity contribution in [3.05, 3.63) is 52.0 Å². The van der Waals surface area contributed by atoms with Gasteiger partial charge in [0.15, 0.2) is 0 Å². The summed E-state index contributed by atoms with van der Waals surface area (Å²) in [4.78, 5) is 46.8. The number of rotatable bonds is 12. The molecule has 16 heteroatoms. The van der Waals surface area contributed by atoms with E-state index in [4.69, 9.17) is 9.47 Å². The number of amides is 2. The number of carbonyl (C=O) groups excluding carboxylic acids is 3. The molecule has 3 rings (SSSR count). The van der Waals surface area contributed by atoms with Crippen molar-refractivity contribution in [1.82, 2.24) is 14.9 Å². The third-order valence-electron chi connectivity index (χ3n) is 6.12. The Morgan fingerprint density at radius 2 is 1.80 bits per heavy atom. The summed E-state index contributed by atoms with van der Waals surface area (Å²) in [6.07, 6.45) is -5.10. The minimum atomic E-state index is -4.97. The van der Waals surface area contributed by atoms with E-state index < -0.39 is 50.4 Å². The first-order valence-electron chi connectivity index (χ1n) is 13.2. The molecular weight excluding hydrogens is 625 g/mol. The van der Waals surface area contributed by atoms with Crippen LogP contribution >= 0.6 is 11.3 Å². The largest absolute Gasteiger partial charge is 0.496 e. The van der Waals surface area contributed by atoms with E-state index in [1.807, 2.05) is 0 Å². The summed E-state index contributed by atoms with van der Waals surface area (Å²) >= 11 is 0.876. The highest BCUT2D eigenvalue weighted by molar-refractivity contribution is 7.91. The highest BCUT2D eigenvalue weighted by atomic mass is 32.2. The third-order valence-corrected chi connectivity index (χ3v) is 8.88. The summed E-state index contributed by atoms with van der Waals surface area (Å²) in [5.41, 5.74) is -1.30. The molecule has 0 aliphatic rings. The molecule has 0 radical (unpaired) electrons. The fourth-order valence-electron chi connectivity index (χ4n) is 3.93. The lowest BCUT2D eigenvalue weighted by atomic mass is 10.1. The number of benzene rings is 1. The van der Waals surface area contributed by atoms with Crippen molar-refractivity contribution >= 4 is 44.0 Å². The van der Waals surface area contributed by atoms with Crippen molar-refractivity contribution in [1.29, 1.82) is 0 Å². The number of ether oxygens (including phenoxy) is 2. The van der Waals surface area contributed by atoms with E-state index in [0.717, 1.165) is 11.3 Å². The molecule has 0 unspecified atom stereocenters. The molecule has 0 saturated carbocycles. The Morgan fingerprint density at radius 1 is 1.11 bits per heavy atom. The molecule has 2 aromatic heterocycles. The van der Waals surface area contributed by atoms with Gasteiger partial charge in [-0.1, -0.05) is 19.1 Å². The molecule has 0 aliphatic carbocycles. The molecule has 0 bridgehead atoms. The zero-order valence-corrected chi connectivity index (χ0v) is 26.2. The van der Waals surface area contributed by atoms with E-state index in [2.05, 4.69) is 15.3 Å². The summed E-state index contributed by atoms with van der Waals surface area (Å²) in [7, 11) is -0.112. The number of methoxy groups -OCH3 is 1. The van der Waals surface area contributed by atoms with Crippen LogP contribution < -0.4 is 10.1 Å². The van der Waals surface area contributed by atoms with Gasteiger partial charge < -0.3 is 19.7 Å². The maximum atomic E-state index is 13.7. The monoisotopic (exact) mass is 656 g/mol. The number of hydrogen-bond acceptors (Lipinski definition) is 10. The molecular formula is C28H31F3N4O7S2. The number of para-hydroxylation sites is 1. The van der Waals surface area contributed by atoms with Gasteiger partial charge in [0, 0.05) is 26.1 Å². The predicted octanol–water partition coefficient (Wildman–Crippen LogP) is 5.00. The van der Waals surface area contributed by atoms with E-state index in [1.54, 1.807) is 19.9 Å². The highest BCUT2D eigenvalue weighted by Crippen LogP contribution is 2.36. The molecule has 11 nitrogen and oxygen atoms in total. The molecule has 1 N–H and O–H groups in total. The molecule has 44 heavy (non-hydrogen) atoms. The Hall–Kier alpha value is -4.05. The molecule has 0 saturated heterocycles. The molecule has 0 aliphatic heterocycles. The number of alkyl halides is 3. The van der Waals surface area contributed by atoms with E-state index in [9.17, 15) is 36.0 Å². The SMILES string of the molecule is CCCOC(=O)c1c(NC(=O)CCCS(=O)(=O)c2nc(-c3ccccc3OC)cc(C(F)(F)F)n2)sc(C(=O)N(C)C)c1C. The number of carbonyl (C=O) groups is 3. The van der Waals surface area contributed by atoms with Crippen LogP contribution in [0.3, 0.4) is 0 Å². The van der Waals surface area contributed by atoms with Crippen LogP contribution in [0.4, 0.5) is 18.2 Å². The van der Waals surface area contributed by atoms with Gasteiger partial charge >= 0.3 is 12.1 Å². The molecule has 0 atom stereocenters. The molecule has 2 heterocycles. The van der Waals surface area contributed by atoms with Crippen molar-refractivity contribution in [2.24, 2.45) is 0 Å². The van der Waals surface area contributed by atoms with E-state index in [1.165, 1.54) is 44.3 Å². The Labute approximate surface area is 256 Å². The van der Waals surface area contributed by atoms with Crippen molar-refractivity contribution < 1.29 is 45.4 Å². The number of nitrogens with zero attached hydrogens (tertiary/aromatic N) is 3. The van der Waals surface area contributed by atoms with Crippen molar-refractivity contribution in [2.75, 3.05) is 38.9 Å². The van der Waals surface area contributed by atoms with Gasteiger partial charge in [-0.3, -0.25) is 9.59 Å². The maximum absolute atomic E-state index is 13.7. The molecule has 0 fully saturated rings. The first-order chi connectivity index (χ1) is 20.6. The second-order valence-electron chi connectivity index (χ2n) is 9.69. The number of aromatic nitrogens is 2. The number of halogens is 3. The molecule has 0 spiro atoms. The van der Waals surface area contributed by atoms with E-state index in [-0.39, 0.29) is 51.9 Å². The minimum Gasteiger partial charge on any atom is -0.496 e. The molecule has 2 amide bonds. The lowest BCUT2D eigenvalue weighted by molar-refractivity contribution is -0.141. The standard InChI is InChI=1S/C28H31F3N4O7S2/c1-6-13-42-26(38)22-16(2)23(25(37)35(3)4)43-24(22)34-21(36)12-9-14-44(39,40)27-32-18(15-20(33-27)28(29,30)31)17-10-7-8-11-19(17)41-5/h7-8,10-11,15H,6,9,12-14H2,1-5H3,(H,34,36). The second-order valence-corrected chi connectivity index (χ2v) is 12.7. The maximum Gasteiger partial charge on any atom is 0.433 e. The first-order valence-corrected chi connectivity index (χ1v) is 15.7. The van der Waals surface area contributed by atoms with Gasteiger partial charge in [0.2, 0.25) is 20.9 Å². The second kappa shape index (κ2) is 14.2. The smallest absolute Gasteiger partial charge is 0.433 e. The van der Waals surface area contributed by atoms with Crippen LogP contribution in [0.25, 0.3) is 11.3 Å². The highest BCUT2D eigenvalue weighted by Gasteiger charge is 2.36. The molecule has 1 aromatic carbocycles. The Morgan fingerprint density at radius 3 is 2.41 bits per heavy atom. The normalized spacial score (nSPS) is 11.6. The number of hydrogen-bond donors (Lipinski definition) is 1. The Kier molecular flexibility index (Phi) is 11.1. The van der Waals surface area contributed by atoms with E-state index in [0.29, 0.717) is 18.1 Å².